The Morgan fingerprint density at radius 2 is 1.27 bits per heavy atom. The van der Waals surface area contributed by atoms with Crippen LogP contribution in [0, 0.1) is 0 Å². The fourth-order valence-electron chi connectivity index (χ4n) is 1.71. The molecule has 0 bridgehead atoms. The van der Waals surface area contributed by atoms with Crippen LogP contribution in [0.2, 0.25) is 0 Å². The van der Waals surface area contributed by atoms with Crippen molar-refractivity contribution in [3.63, 3.8) is 0 Å². The molecule has 0 radical (unpaired) electrons. The zero-order valence-electron chi connectivity index (χ0n) is 8.98. The van der Waals surface area contributed by atoms with Crippen molar-refractivity contribution in [1.82, 2.24) is 0 Å². The van der Waals surface area contributed by atoms with E-state index in [0.29, 0.717) is 0 Å². The van der Waals surface area contributed by atoms with Crippen molar-refractivity contribution in [2.75, 3.05) is 0 Å². The summed E-state index contributed by atoms with van der Waals surface area (Å²) in [6, 6.07) is 0. The van der Waals surface area contributed by atoms with Gasteiger partial charge in [-0.05, 0) is 0 Å². The van der Waals surface area contributed by atoms with E-state index in [1.165, 1.54) is 12.8 Å². The van der Waals surface area contributed by atoms with E-state index in [1.54, 1.807) is 17.8 Å². The van der Waals surface area contributed by atoms with Crippen LogP contribution in [0.15, 0.2) is 42.1 Å². The fourth-order valence-corrected chi connectivity index (χ4v) is 6.62. The van der Waals surface area contributed by atoms with Crippen LogP contribution in [0.25, 0.3) is 0 Å². The average Bonchev–Trinajstić information content (AvgIpc) is 2.65. The number of rotatable bonds is 2. The Labute approximate surface area is 116 Å². The van der Waals surface area contributed by atoms with E-state index < -0.39 is 22.9 Å². The summed E-state index contributed by atoms with van der Waals surface area (Å²) >= 11 is -0.612. The maximum atomic E-state index is 2.32. The Morgan fingerprint density at radius 1 is 0.867 bits per heavy atom. The standard InChI is InChI=1S/2C6H7.2ClH.Hf/c2*1-6-4-2-3-5-6;;;/h2*2,4H,3H2,1H3;2*1H;/q;;;;+2/p-2. The van der Waals surface area contributed by atoms with Crippen molar-refractivity contribution in [3.05, 3.63) is 42.1 Å². The molecule has 0 nitrogen and oxygen atoms in total. The third-order valence-corrected chi connectivity index (χ3v) is 9.10. The molecular formula is C12H14Cl2Hf. The Hall–Kier alpha value is 0.410. The molecule has 0 fully saturated rings. The van der Waals surface area contributed by atoms with Gasteiger partial charge in [0.1, 0.15) is 0 Å². The number of hydrogen-bond donors (Lipinski definition) is 0. The molecule has 0 saturated carbocycles. The van der Waals surface area contributed by atoms with Crippen LogP contribution in [-0.4, -0.2) is 0 Å². The monoisotopic (exact) mass is 408 g/mol. The van der Waals surface area contributed by atoms with Crippen LogP contribution in [0.1, 0.15) is 26.7 Å². The summed E-state index contributed by atoms with van der Waals surface area (Å²) < 4.78 is 3.61. The van der Waals surface area contributed by atoms with Gasteiger partial charge in [-0.2, -0.15) is 0 Å². The van der Waals surface area contributed by atoms with E-state index in [0.717, 1.165) is 0 Å². The van der Waals surface area contributed by atoms with Crippen LogP contribution in [0.5, 0.6) is 0 Å². The van der Waals surface area contributed by atoms with Gasteiger partial charge in [0, 0.05) is 0 Å². The molecule has 0 amide bonds. The molecule has 3 heteroatoms. The van der Waals surface area contributed by atoms with E-state index in [2.05, 4.69) is 38.2 Å². The van der Waals surface area contributed by atoms with Crippen LogP contribution in [0.4, 0.5) is 0 Å². The van der Waals surface area contributed by atoms with Gasteiger partial charge in [0.05, 0.1) is 0 Å². The van der Waals surface area contributed by atoms with Gasteiger partial charge in [-0.1, -0.05) is 0 Å². The van der Waals surface area contributed by atoms with E-state index in [1.807, 2.05) is 0 Å². The first-order valence-corrected chi connectivity index (χ1v) is 8.36. The Balaban J connectivity index is 0.000000980. The smallest absolute Gasteiger partial charge is 1.00 e. The molecule has 0 aromatic heterocycles. The molecular weight excluding hydrogens is 394 g/mol. The van der Waals surface area contributed by atoms with E-state index >= 15 is 0 Å². The molecule has 80 valence electrons. The summed E-state index contributed by atoms with van der Waals surface area (Å²) in [6.45, 7) is 4.54. The van der Waals surface area contributed by atoms with Crippen LogP contribution in [0.3, 0.4) is 0 Å². The molecule has 0 aromatic carbocycles. The second-order valence-electron chi connectivity index (χ2n) is 3.66. The minimum absolute atomic E-state index is 0. The van der Waals surface area contributed by atoms with Crippen molar-refractivity contribution < 1.29 is 47.7 Å². The summed E-state index contributed by atoms with van der Waals surface area (Å²) in [7, 11) is 0. The summed E-state index contributed by atoms with van der Waals surface area (Å²) in [5.41, 5.74) is 3.13. The molecule has 2 rings (SSSR count). The molecule has 0 spiro atoms. The zero-order valence-corrected chi connectivity index (χ0v) is 14.1. The quantitative estimate of drug-likeness (QED) is 0.446. The minimum Gasteiger partial charge on any atom is -1.00 e. The first-order valence-electron chi connectivity index (χ1n) is 4.77. The molecule has 15 heavy (non-hydrogen) atoms. The molecule has 0 aromatic rings. The van der Waals surface area contributed by atoms with Gasteiger partial charge >= 0.3 is 91.7 Å². The van der Waals surface area contributed by atoms with Crippen molar-refractivity contribution in [1.29, 1.82) is 0 Å². The number of halogens is 2. The molecule has 0 N–H and O–H groups in total. The predicted octanol–water partition coefficient (Wildman–Crippen LogP) is -2.46. The topological polar surface area (TPSA) is 0 Å². The average molecular weight is 408 g/mol. The summed E-state index contributed by atoms with van der Waals surface area (Å²) in [4.78, 5) is 0. The molecule has 0 saturated heterocycles. The molecule has 2 aliphatic rings. The van der Waals surface area contributed by atoms with E-state index in [9.17, 15) is 0 Å². The van der Waals surface area contributed by atoms with E-state index in [4.69, 9.17) is 0 Å². The van der Waals surface area contributed by atoms with Gasteiger partial charge in [0.15, 0.2) is 0 Å². The number of allylic oxidation sites excluding steroid dienone is 8. The summed E-state index contributed by atoms with van der Waals surface area (Å²) in [6.07, 6.45) is 11.7. The molecule has 0 atom stereocenters. The molecule has 0 unspecified atom stereocenters. The van der Waals surface area contributed by atoms with Crippen molar-refractivity contribution >= 4 is 0 Å². The van der Waals surface area contributed by atoms with E-state index in [-0.39, 0.29) is 24.8 Å². The third kappa shape index (κ3) is 3.72. The van der Waals surface area contributed by atoms with Gasteiger partial charge in [0.2, 0.25) is 0 Å². The van der Waals surface area contributed by atoms with Crippen LogP contribution < -0.4 is 24.8 Å². The first-order chi connectivity index (χ1) is 6.27. The van der Waals surface area contributed by atoms with Crippen LogP contribution >= 0.6 is 0 Å². The Kier molecular flexibility index (Phi) is 7.07. The fraction of sp³-hybridized carbons (Fsp3) is 0.333. The minimum atomic E-state index is -0.612. The Bertz CT molecular complexity index is 315. The third-order valence-electron chi connectivity index (χ3n) is 2.63. The predicted molar refractivity (Wildman–Crippen MR) is 52.9 cm³/mol. The van der Waals surface area contributed by atoms with Crippen LogP contribution in [-0.2, 0) is 22.9 Å². The second kappa shape index (κ2) is 6.88. The van der Waals surface area contributed by atoms with Gasteiger partial charge in [-0.15, -0.1) is 0 Å². The molecule has 0 heterocycles. The molecule has 2 aliphatic carbocycles. The van der Waals surface area contributed by atoms with Crippen molar-refractivity contribution in [2.45, 2.75) is 26.7 Å². The van der Waals surface area contributed by atoms with Gasteiger partial charge < -0.3 is 24.8 Å². The van der Waals surface area contributed by atoms with Gasteiger partial charge in [-0.3, -0.25) is 0 Å². The molecule has 0 aliphatic heterocycles. The summed E-state index contributed by atoms with van der Waals surface area (Å²) in [5, 5.41) is 0. The zero-order chi connectivity index (χ0) is 9.26. The first kappa shape index (κ1) is 15.4. The number of hydrogen-bond acceptors (Lipinski definition) is 0. The van der Waals surface area contributed by atoms with Crippen molar-refractivity contribution in [3.8, 4) is 0 Å². The maximum Gasteiger partial charge on any atom is -1.00 e. The second-order valence-corrected chi connectivity index (χ2v) is 8.90. The normalized spacial score (nSPS) is 17.7. The Morgan fingerprint density at radius 3 is 1.53 bits per heavy atom. The van der Waals surface area contributed by atoms with Gasteiger partial charge in [0.25, 0.3) is 0 Å². The van der Waals surface area contributed by atoms with Gasteiger partial charge in [-0.25, -0.2) is 0 Å². The SMILES string of the molecule is CC1=[C]([Hf+2][C]2=C(C)C=CC2)CC=C1.[Cl-].[Cl-]. The van der Waals surface area contributed by atoms with Crippen molar-refractivity contribution in [2.24, 2.45) is 0 Å². The largest absolute Gasteiger partial charge is 1.00 e. The summed E-state index contributed by atoms with van der Waals surface area (Å²) in [5.74, 6) is 0. The maximum absolute atomic E-state index is 2.32.